The Kier molecular flexibility index (Phi) is 6.31. The van der Waals surface area contributed by atoms with Gasteiger partial charge in [0.1, 0.15) is 5.69 Å². The minimum Gasteiger partial charge on any atom is -0.469 e. The second-order valence-corrected chi connectivity index (χ2v) is 5.38. The number of anilines is 1. The first-order valence-corrected chi connectivity index (χ1v) is 7.67. The highest BCUT2D eigenvalue weighted by Gasteiger charge is 2.28. The van der Waals surface area contributed by atoms with Gasteiger partial charge in [0.15, 0.2) is 0 Å². The average Bonchev–Trinajstić information content (AvgIpc) is 2.64. The van der Waals surface area contributed by atoms with Crippen molar-refractivity contribution in [2.75, 3.05) is 18.6 Å². The fraction of sp³-hybridized carbons (Fsp3) is 0.250. The SMILES string of the molecule is COC(=O)CCN(Cc1ccccn1)c1cc(F)c([N+](=O)[O-])cc1[N+](=O)[O-]. The standard InChI is InChI=1S/C16H15FN4O6/c1-27-16(22)5-7-19(10-11-4-2-3-6-18-11)14-8-12(17)13(20(23)24)9-15(14)21(25)26/h2-4,6,8-9H,5,7,10H2,1H3. The van der Waals surface area contributed by atoms with Gasteiger partial charge in [-0.1, -0.05) is 6.07 Å². The summed E-state index contributed by atoms with van der Waals surface area (Å²) in [7, 11) is 1.19. The summed E-state index contributed by atoms with van der Waals surface area (Å²) < 4.78 is 18.7. The Morgan fingerprint density at radius 1 is 1.22 bits per heavy atom. The van der Waals surface area contributed by atoms with Crippen LogP contribution in [0, 0.1) is 26.0 Å². The van der Waals surface area contributed by atoms with Crippen LogP contribution in [0.3, 0.4) is 0 Å². The zero-order valence-electron chi connectivity index (χ0n) is 14.2. The van der Waals surface area contributed by atoms with E-state index >= 15 is 0 Å². The van der Waals surface area contributed by atoms with Gasteiger partial charge in [-0.05, 0) is 12.1 Å². The highest BCUT2D eigenvalue weighted by atomic mass is 19.1. The number of rotatable bonds is 8. The van der Waals surface area contributed by atoms with Gasteiger partial charge in [-0.2, -0.15) is 4.39 Å². The topological polar surface area (TPSA) is 129 Å². The van der Waals surface area contributed by atoms with E-state index in [-0.39, 0.29) is 25.2 Å². The molecule has 1 aromatic heterocycles. The molecule has 10 nitrogen and oxygen atoms in total. The summed E-state index contributed by atoms with van der Waals surface area (Å²) in [5.41, 5.74) is -1.34. The number of methoxy groups -OCH3 is 1. The van der Waals surface area contributed by atoms with Gasteiger partial charge in [-0.3, -0.25) is 30.0 Å². The molecule has 2 rings (SSSR count). The Bertz CT molecular complexity index is 861. The average molecular weight is 378 g/mol. The van der Waals surface area contributed by atoms with E-state index in [0.29, 0.717) is 11.8 Å². The number of esters is 1. The first-order valence-electron chi connectivity index (χ1n) is 7.67. The predicted octanol–water partition coefficient (Wildman–Crippen LogP) is 2.61. The molecule has 0 saturated carbocycles. The Balaban J connectivity index is 2.49. The number of carbonyl (C=O) groups excluding carboxylic acids is 1. The van der Waals surface area contributed by atoms with Crippen LogP contribution in [0.2, 0.25) is 0 Å². The molecule has 0 unspecified atom stereocenters. The summed E-state index contributed by atoms with van der Waals surface area (Å²) >= 11 is 0. The normalized spacial score (nSPS) is 10.3. The van der Waals surface area contributed by atoms with E-state index in [2.05, 4.69) is 9.72 Å². The molecule has 0 atom stereocenters. The number of halogens is 1. The maximum absolute atomic E-state index is 14.1. The van der Waals surface area contributed by atoms with E-state index in [1.807, 2.05) is 0 Å². The summed E-state index contributed by atoms with van der Waals surface area (Å²) in [5.74, 6) is -1.78. The van der Waals surface area contributed by atoms with Gasteiger partial charge >= 0.3 is 11.7 Å². The van der Waals surface area contributed by atoms with Crippen LogP contribution in [0.4, 0.5) is 21.5 Å². The van der Waals surface area contributed by atoms with E-state index in [1.165, 1.54) is 18.2 Å². The number of nitro groups is 2. The highest BCUT2D eigenvalue weighted by Crippen LogP contribution is 2.35. The zero-order valence-corrected chi connectivity index (χ0v) is 14.2. The Labute approximate surface area is 152 Å². The molecule has 0 aliphatic heterocycles. The summed E-state index contributed by atoms with van der Waals surface area (Å²) in [6, 6.07) is 6.31. The molecule has 1 heterocycles. The number of ether oxygens (including phenoxy) is 1. The van der Waals surface area contributed by atoms with Crippen molar-refractivity contribution >= 4 is 23.0 Å². The van der Waals surface area contributed by atoms with Crippen molar-refractivity contribution in [1.29, 1.82) is 0 Å². The van der Waals surface area contributed by atoms with Crippen molar-refractivity contribution in [1.82, 2.24) is 4.98 Å². The molecule has 0 saturated heterocycles. The number of hydrogen-bond donors (Lipinski definition) is 0. The van der Waals surface area contributed by atoms with Gasteiger partial charge in [0.05, 0.1) is 41.7 Å². The lowest BCUT2D eigenvalue weighted by molar-refractivity contribution is -0.395. The number of carbonyl (C=O) groups is 1. The van der Waals surface area contributed by atoms with Gasteiger partial charge in [0.2, 0.25) is 5.82 Å². The summed E-state index contributed by atoms with van der Waals surface area (Å²) in [5, 5.41) is 22.3. The third kappa shape index (κ3) is 4.93. The lowest BCUT2D eigenvalue weighted by atomic mass is 10.2. The molecule has 0 fully saturated rings. The van der Waals surface area contributed by atoms with Crippen LogP contribution < -0.4 is 4.90 Å². The maximum Gasteiger partial charge on any atom is 0.311 e. The minimum absolute atomic E-state index is 0.0237. The molecule has 0 amide bonds. The van der Waals surface area contributed by atoms with E-state index in [4.69, 9.17) is 0 Å². The fourth-order valence-corrected chi connectivity index (χ4v) is 2.38. The van der Waals surface area contributed by atoms with E-state index in [9.17, 15) is 29.4 Å². The van der Waals surface area contributed by atoms with Crippen LogP contribution in [0.1, 0.15) is 12.1 Å². The van der Waals surface area contributed by atoms with Crippen molar-refractivity contribution < 1.29 is 23.8 Å². The minimum atomic E-state index is -1.22. The lowest BCUT2D eigenvalue weighted by Gasteiger charge is -2.23. The number of nitrogens with zero attached hydrogens (tertiary/aromatic N) is 4. The van der Waals surface area contributed by atoms with Crippen LogP contribution in [0.25, 0.3) is 0 Å². The molecule has 0 aliphatic rings. The van der Waals surface area contributed by atoms with E-state index < -0.39 is 33.0 Å². The smallest absolute Gasteiger partial charge is 0.311 e. The van der Waals surface area contributed by atoms with Crippen LogP contribution in [-0.2, 0) is 16.1 Å². The Hall–Kier alpha value is -3.63. The molecule has 27 heavy (non-hydrogen) atoms. The van der Waals surface area contributed by atoms with Gasteiger partial charge in [-0.15, -0.1) is 0 Å². The number of pyridine rings is 1. The first-order chi connectivity index (χ1) is 12.8. The van der Waals surface area contributed by atoms with Crippen LogP contribution in [0.5, 0.6) is 0 Å². The molecule has 1 aromatic carbocycles. The summed E-state index contributed by atoms with van der Waals surface area (Å²) in [6.07, 6.45) is 1.39. The maximum atomic E-state index is 14.1. The number of hydrogen-bond acceptors (Lipinski definition) is 8. The van der Waals surface area contributed by atoms with E-state index in [0.717, 1.165) is 6.07 Å². The molecule has 0 spiro atoms. The lowest BCUT2D eigenvalue weighted by Crippen LogP contribution is -2.27. The fourth-order valence-electron chi connectivity index (χ4n) is 2.38. The summed E-state index contributed by atoms with van der Waals surface area (Å²) in [6.45, 7) is -0.0166. The third-order valence-electron chi connectivity index (χ3n) is 3.67. The van der Waals surface area contributed by atoms with Crippen LogP contribution in [-0.4, -0.2) is 34.5 Å². The van der Waals surface area contributed by atoms with Crippen LogP contribution >= 0.6 is 0 Å². The molecular weight excluding hydrogens is 363 g/mol. The Morgan fingerprint density at radius 3 is 2.48 bits per heavy atom. The van der Waals surface area contributed by atoms with Crippen molar-refractivity contribution in [2.24, 2.45) is 0 Å². The molecule has 0 bridgehead atoms. The first kappa shape index (κ1) is 19.7. The second kappa shape index (κ2) is 8.65. The van der Waals surface area contributed by atoms with E-state index in [1.54, 1.807) is 18.2 Å². The van der Waals surface area contributed by atoms with Gasteiger partial charge < -0.3 is 9.64 Å². The van der Waals surface area contributed by atoms with Gasteiger partial charge in [0.25, 0.3) is 5.69 Å². The molecule has 2 aromatic rings. The second-order valence-electron chi connectivity index (χ2n) is 5.38. The third-order valence-corrected chi connectivity index (χ3v) is 3.67. The molecule has 11 heteroatoms. The van der Waals surface area contributed by atoms with Crippen LogP contribution in [0.15, 0.2) is 36.5 Å². The van der Waals surface area contributed by atoms with Crippen molar-refractivity contribution in [2.45, 2.75) is 13.0 Å². The number of aromatic nitrogens is 1. The quantitative estimate of drug-likeness (QED) is 0.389. The summed E-state index contributed by atoms with van der Waals surface area (Å²) in [4.78, 5) is 37.3. The molecule has 0 aliphatic carbocycles. The molecule has 0 radical (unpaired) electrons. The van der Waals surface area contributed by atoms with Crippen molar-refractivity contribution in [3.05, 3.63) is 68.3 Å². The molecule has 142 valence electrons. The van der Waals surface area contributed by atoms with Crippen molar-refractivity contribution in [3.63, 3.8) is 0 Å². The monoisotopic (exact) mass is 378 g/mol. The molecule has 0 N–H and O–H groups in total. The molecular formula is C16H15FN4O6. The highest BCUT2D eigenvalue weighted by molar-refractivity contribution is 5.72. The van der Waals surface area contributed by atoms with Gasteiger partial charge in [0, 0.05) is 18.8 Å². The largest absolute Gasteiger partial charge is 0.469 e. The Morgan fingerprint density at radius 2 is 1.93 bits per heavy atom. The van der Waals surface area contributed by atoms with Gasteiger partial charge in [-0.25, -0.2) is 0 Å². The van der Waals surface area contributed by atoms with Crippen molar-refractivity contribution in [3.8, 4) is 0 Å². The predicted molar refractivity (Wildman–Crippen MR) is 91.6 cm³/mol. The zero-order chi connectivity index (χ0) is 20.0. The number of benzene rings is 1. The number of nitro benzene ring substituents is 2.